The minimum Gasteiger partial charge on any atom is -0.389 e. The van der Waals surface area contributed by atoms with Crippen LogP contribution in [-0.4, -0.2) is 17.5 Å². The second-order valence-electron chi connectivity index (χ2n) is 3.13. The van der Waals surface area contributed by atoms with Crippen LogP contribution in [0.1, 0.15) is 6.42 Å². The number of hydrogen-bond donors (Lipinski definition) is 1. The predicted molar refractivity (Wildman–Crippen MR) is 40.9 cm³/mol. The number of fused-ring (bicyclic) bond motifs is 1. The van der Waals surface area contributed by atoms with E-state index in [0.717, 1.165) is 18.3 Å². The van der Waals surface area contributed by atoms with Crippen LogP contribution in [-0.2, 0) is 4.79 Å². The van der Waals surface area contributed by atoms with Gasteiger partial charge in [-0.2, -0.15) is 0 Å². The molecular formula is C9H10O2. The largest absolute Gasteiger partial charge is 0.389 e. The third-order valence-electron chi connectivity index (χ3n) is 2.54. The van der Waals surface area contributed by atoms with Gasteiger partial charge in [-0.3, -0.25) is 4.79 Å². The van der Waals surface area contributed by atoms with E-state index in [1.807, 2.05) is 12.2 Å². The Kier molecular flexibility index (Phi) is 1.43. The fourth-order valence-electron chi connectivity index (χ4n) is 1.93. The van der Waals surface area contributed by atoms with Crippen LogP contribution < -0.4 is 0 Å². The Balaban J connectivity index is 2.29. The van der Waals surface area contributed by atoms with Crippen molar-refractivity contribution in [3.8, 4) is 0 Å². The average molecular weight is 150 g/mol. The molecule has 0 spiro atoms. The fraction of sp³-hybridized carbons (Fsp3) is 0.444. The smallest absolute Gasteiger partial charge is 0.146 e. The van der Waals surface area contributed by atoms with Crippen molar-refractivity contribution < 1.29 is 9.90 Å². The van der Waals surface area contributed by atoms with E-state index in [1.54, 1.807) is 6.08 Å². The zero-order valence-electron chi connectivity index (χ0n) is 6.10. The van der Waals surface area contributed by atoms with Crippen molar-refractivity contribution in [3.05, 3.63) is 23.8 Å². The average Bonchev–Trinajstić information content (AvgIpc) is 2.54. The summed E-state index contributed by atoms with van der Waals surface area (Å²) in [5.41, 5.74) is 0.747. The summed E-state index contributed by atoms with van der Waals surface area (Å²) in [6.45, 7) is 0. The number of aldehydes is 1. The van der Waals surface area contributed by atoms with Gasteiger partial charge in [0.2, 0.25) is 0 Å². The van der Waals surface area contributed by atoms with Crippen molar-refractivity contribution >= 4 is 6.29 Å². The van der Waals surface area contributed by atoms with Crippen LogP contribution in [0.3, 0.4) is 0 Å². The Labute approximate surface area is 65.2 Å². The molecule has 0 amide bonds. The van der Waals surface area contributed by atoms with Gasteiger partial charge in [-0.1, -0.05) is 12.2 Å². The molecule has 2 aliphatic rings. The molecule has 2 heteroatoms. The molecule has 0 aromatic carbocycles. The standard InChI is InChI=1S/C9H10O2/c10-5-6-4-9(11)8-3-1-2-7(6)8/h1-2,4-5,7-9,11H,3H2. The van der Waals surface area contributed by atoms with E-state index >= 15 is 0 Å². The van der Waals surface area contributed by atoms with Gasteiger partial charge >= 0.3 is 0 Å². The van der Waals surface area contributed by atoms with Crippen LogP contribution in [0.15, 0.2) is 23.8 Å². The van der Waals surface area contributed by atoms with Gasteiger partial charge in [0.25, 0.3) is 0 Å². The van der Waals surface area contributed by atoms with E-state index in [4.69, 9.17) is 0 Å². The molecule has 1 N–H and O–H groups in total. The highest BCUT2D eigenvalue weighted by Gasteiger charge is 2.36. The summed E-state index contributed by atoms with van der Waals surface area (Å²) in [6.07, 6.45) is 7.07. The Morgan fingerprint density at radius 2 is 2.45 bits per heavy atom. The zero-order chi connectivity index (χ0) is 7.84. The van der Waals surface area contributed by atoms with Crippen molar-refractivity contribution in [2.45, 2.75) is 12.5 Å². The summed E-state index contributed by atoms with van der Waals surface area (Å²) in [7, 11) is 0. The summed E-state index contributed by atoms with van der Waals surface area (Å²) >= 11 is 0. The highest BCUT2D eigenvalue weighted by molar-refractivity contribution is 5.76. The van der Waals surface area contributed by atoms with Crippen LogP contribution in [0.4, 0.5) is 0 Å². The second kappa shape index (κ2) is 2.31. The lowest BCUT2D eigenvalue weighted by molar-refractivity contribution is -0.105. The van der Waals surface area contributed by atoms with Gasteiger partial charge in [0.05, 0.1) is 6.10 Å². The molecule has 0 aromatic heterocycles. The molecular weight excluding hydrogens is 140 g/mol. The van der Waals surface area contributed by atoms with E-state index in [0.29, 0.717) is 0 Å². The zero-order valence-corrected chi connectivity index (χ0v) is 6.10. The maximum atomic E-state index is 10.5. The third-order valence-corrected chi connectivity index (χ3v) is 2.54. The highest BCUT2D eigenvalue weighted by Crippen LogP contribution is 2.38. The maximum absolute atomic E-state index is 10.5. The van der Waals surface area contributed by atoms with Gasteiger partial charge in [0.1, 0.15) is 6.29 Å². The SMILES string of the molecule is O=CC1=CC(O)C2CC=CC12. The molecule has 2 nitrogen and oxygen atoms in total. The number of carbonyl (C=O) groups excluding carboxylic acids is 1. The molecule has 3 atom stereocenters. The molecule has 2 rings (SSSR count). The molecule has 0 radical (unpaired) electrons. The molecule has 0 saturated heterocycles. The predicted octanol–water partition coefficient (Wildman–Crippen LogP) is 0.678. The lowest BCUT2D eigenvalue weighted by Crippen LogP contribution is -2.15. The fourth-order valence-corrected chi connectivity index (χ4v) is 1.93. The van der Waals surface area contributed by atoms with Crippen LogP contribution in [0.5, 0.6) is 0 Å². The molecule has 0 bridgehead atoms. The minimum absolute atomic E-state index is 0.197. The molecule has 0 heterocycles. The van der Waals surface area contributed by atoms with Crippen molar-refractivity contribution in [1.29, 1.82) is 0 Å². The second-order valence-corrected chi connectivity index (χ2v) is 3.13. The van der Waals surface area contributed by atoms with E-state index in [1.165, 1.54) is 0 Å². The van der Waals surface area contributed by atoms with E-state index in [-0.39, 0.29) is 11.8 Å². The van der Waals surface area contributed by atoms with E-state index in [2.05, 4.69) is 0 Å². The van der Waals surface area contributed by atoms with Gasteiger partial charge in [-0.05, 0) is 18.1 Å². The van der Waals surface area contributed by atoms with Crippen molar-refractivity contribution in [1.82, 2.24) is 0 Å². The van der Waals surface area contributed by atoms with E-state index in [9.17, 15) is 9.90 Å². The van der Waals surface area contributed by atoms with Crippen molar-refractivity contribution in [2.75, 3.05) is 0 Å². The first-order valence-corrected chi connectivity index (χ1v) is 3.84. The summed E-state index contributed by atoms with van der Waals surface area (Å²) in [5, 5.41) is 9.43. The lowest BCUT2D eigenvalue weighted by Gasteiger charge is -2.12. The minimum atomic E-state index is -0.407. The molecule has 11 heavy (non-hydrogen) atoms. The summed E-state index contributed by atoms with van der Waals surface area (Å²) < 4.78 is 0. The van der Waals surface area contributed by atoms with Gasteiger partial charge in [0.15, 0.2) is 0 Å². The molecule has 0 aliphatic heterocycles. The Morgan fingerprint density at radius 3 is 3.18 bits per heavy atom. The number of allylic oxidation sites excluding steroid dienone is 3. The summed E-state index contributed by atoms with van der Waals surface area (Å²) in [5.74, 6) is 0.442. The Bertz CT molecular complexity index is 240. The summed E-state index contributed by atoms with van der Waals surface area (Å²) in [4.78, 5) is 10.5. The van der Waals surface area contributed by atoms with Crippen molar-refractivity contribution in [2.24, 2.45) is 11.8 Å². The van der Waals surface area contributed by atoms with Gasteiger partial charge in [-0.25, -0.2) is 0 Å². The highest BCUT2D eigenvalue weighted by atomic mass is 16.3. The molecule has 0 aromatic rings. The number of rotatable bonds is 1. The van der Waals surface area contributed by atoms with Gasteiger partial charge in [0, 0.05) is 11.8 Å². The first kappa shape index (κ1) is 6.80. The number of carbonyl (C=O) groups is 1. The Morgan fingerprint density at radius 1 is 1.64 bits per heavy atom. The maximum Gasteiger partial charge on any atom is 0.146 e. The molecule has 2 aliphatic carbocycles. The van der Waals surface area contributed by atoms with Crippen LogP contribution in [0.2, 0.25) is 0 Å². The Hall–Kier alpha value is -0.890. The molecule has 0 saturated carbocycles. The monoisotopic (exact) mass is 150 g/mol. The number of hydrogen-bond acceptors (Lipinski definition) is 2. The third kappa shape index (κ3) is 0.862. The lowest BCUT2D eigenvalue weighted by atomic mass is 9.94. The quantitative estimate of drug-likeness (QED) is 0.441. The van der Waals surface area contributed by atoms with Gasteiger partial charge in [-0.15, -0.1) is 0 Å². The van der Waals surface area contributed by atoms with E-state index < -0.39 is 6.10 Å². The van der Waals surface area contributed by atoms with Crippen LogP contribution in [0, 0.1) is 11.8 Å². The molecule has 3 unspecified atom stereocenters. The topological polar surface area (TPSA) is 37.3 Å². The normalized spacial score (nSPS) is 40.5. The van der Waals surface area contributed by atoms with Crippen LogP contribution >= 0.6 is 0 Å². The van der Waals surface area contributed by atoms with Gasteiger partial charge < -0.3 is 5.11 Å². The van der Waals surface area contributed by atoms with Crippen molar-refractivity contribution in [3.63, 3.8) is 0 Å². The molecule has 58 valence electrons. The summed E-state index contributed by atoms with van der Waals surface area (Å²) in [6, 6.07) is 0. The molecule has 0 fully saturated rings. The number of aliphatic hydroxyl groups is 1. The van der Waals surface area contributed by atoms with Crippen LogP contribution in [0.25, 0.3) is 0 Å². The first-order chi connectivity index (χ1) is 5.33. The number of aliphatic hydroxyl groups excluding tert-OH is 1. The first-order valence-electron chi connectivity index (χ1n) is 3.84.